The molecule has 0 atom stereocenters. The van der Waals surface area contributed by atoms with Crippen LogP contribution in [0.1, 0.15) is 6.92 Å². The Morgan fingerprint density at radius 2 is 2.57 bits per heavy atom. The van der Waals surface area contributed by atoms with Gasteiger partial charge in [0.25, 0.3) is 0 Å². The lowest BCUT2D eigenvalue weighted by Crippen LogP contribution is -1.83. The lowest BCUT2D eigenvalue weighted by molar-refractivity contribution is 1.73. The molecule has 0 aliphatic carbocycles. The first-order valence-corrected chi connectivity index (χ1v) is 4.53. The minimum absolute atomic E-state index is 0.194. The number of hydrogen-bond donors (Lipinski definition) is 0. The second kappa shape index (κ2) is 2.35. The largest absolute Gasteiger partial charge is 0.255 e. The van der Waals surface area contributed by atoms with E-state index in [1.165, 1.54) is 0 Å². The fraction of sp³-hybridized carbons (Fsp3) is 0.200. The van der Waals surface area contributed by atoms with Crippen LogP contribution in [0.3, 0.4) is 0 Å². The molecule has 1 heterocycles. The van der Waals surface area contributed by atoms with Gasteiger partial charge < -0.3 is 0 Å². The molecule has 0 saturated heterocycles. The number of nitrogens with zero attached hydrogens (tertiary/aromatic N) is 1. The maximum Gasteiger partial charge on any atom is 0.0600 e. The van der Waals surface area contributed by atoms with Crippen molar-refractivity contribution in [2.24, 2.45) is 4.99 Å². The van der Waals surface area contributed by atoms with E-state index in [9.17, 15) is 0 Å². The highest BCUT2D eigenvalue weighted by Gasteiger charge is 1.80. The highest BCUT2D eigenvalue weighted by molar-refractivity contribution is 14.2. The van der Waals surface area contributed by atoms with Crippen LogP contribution in [0, 0.1) is 0 Å². The van der Waals surface area contributed by atoms with Gasteiger partial charge in [-0.15, -0.1) is 0 Å². The molecule has 0 aromatic carbocycles. The molecule has 7 heavy (non-hydrogen) atoms. The Labute approximate surface area is 52.9 Å². The van der Waals surface area contributed by atoms with Gasteiger partial charge in [0.05, 0.1) is 4.14 Å². The molecule has 38 valence electrons. The summed E-state index contributed by atoms with van der Waals surface area (Å²) in [5.74, 6) is 0. The molecule has 0 aromatic heterocycles. The molecule has 0 saturated carbocycles. The lowest BCUT2D eigenvalue weighted by atomic mass is 10.4. The Balaban J connectivity index is 2.82. The Morgan fingerprint density at radius 1 is 1.71 bits per heavy atom. The van der Waals surface area contributed by atoms with E-state index in [2.05, 4.69) is 15.2 Å². The summed E-state index contributed by atoms with van der Waals surface area (Å²) in [5.41, 5.74) is 1.13. The van der Waals surface area contributed by atoms with E-state index in [1.54, 1.807) is 0 Å². The van der Waals surface area contributed by atoms with Gasteiger partial charge in [0.2, 0.25) is 0 Å². The Bertz CT molecular complexity index is 144. The second-order valence-electron chi connectivity index (χ2n) is 1.29. The smallest absolute Gasteiger partial charge is 0.0600 e. The van der Waals surface area contributed by atoms with E-state index in [-0.39, 0.29) is 20.7 Å². The molecule has 1 nitrogen and oxygen atoms in total. The molecule has 1 rings (SSSR count). The van der Waals surface area contributed by atoms with Gasteiger partial charge in [-0.3, -0.25) is 4.99 Å². The first kappa shape index (κ1) is 5.15. The lowest BCUT2D eigenvalue weighted by Gasteiger charge is -1.88. The Kier molecular flexibility index (Phi) is 1.73. The molecular formula is C5H6IN. The summed E-state index contributed by atoms with van der Waals surface area (Å²) >= 11 is 0.194. The first-order valence-electron chi connectivity index (χ1n) is 2.04. The van der Waals surface area contributed by atoms with Crippen molar-refractivity contribution in [3.05, 3.63) is 10.2 Å². The standard InChI is InChI=1S/C5H6IN/c1-5-2-3-6-4-7-5/h2-4H,1H3. The predicted molar refractivity (Wildman–Crippen MR) is 42.3 cm³/mol. The number of aliphatic imine (C=N–C) groups is 1. The summed E-state index contributed by atoms with van der Waals surface area (Å²) < 4.78 is 4.23. The molecular weight excluding hydrogens is 201 g/mol. The Hall–Kier alpha value is 0.01000. The minimum Gasteiger partial charge on any atom is -0.255 e. The van der Waals surface area contributed by atoms with E-state index in [0.717, 1.165) is 5.71 Å². The average Bonchev–Trinajstić information content (AvgIpc) is 1.69. The Morgan fingerprint density at radius 3 is 2.86 bits per heavy atom. The fourth-order valence-corrected chi connectivity index (χ4v) is 1.82. The zero-order valence-electron chi connectivity index (χ0n) is 4.06. The number of rotatable bonds is 0. The molecule has 0 bridgehead atoms. The molecule has 1 aliphatic heterocycles. The van der Waals surface area contributed by atoms with Crippen LogP contribution in [0.2, 0.25) is 0 Å². The van der Waals surface area contributed by atoms with Gasteiger partial charge in [-0.1, -0.05) is 20.7 Å². The van der Waals surface area contributed by atoms with Crippen LogP contribution in [0.25, 0.3) is 0 Å². The third-order valence-electron chi connectivity index (χ3n) is 0.686. The quantitative estimate of drug-likeness (QED) is 0.536. The van der Waals surface area contributed by atoms with Crippen molar-refractivity contribution in [2.45, 2.75) is 6.92 Å². The molecule has 2 heteroatoms. The van der Waals surface area contributed by atoms with Crippen LogP contribution >= 0.6 is 20.7 Å². The van der Waals surface area contributed by atoms with Gasteiger partial charge >= 0.3 is 0 Å². The van der Waals surface area contributed by atoms with Crippen LogP contribution in [0.5, 0.6) is 0 Å². The maximum atomic E-state index is 4.08. The molecule has 0 radical (unpaired) electrons. The third-order valence-corrected chi connectivity index (χ3v) is 2.06. The van der Waals surface area contributed by atoms with E-state index >= 15 is 0 Å². The van der Waals surface area contributed by atoms with Crippen LogP contribution in [0.15, 0.2) is 15.2 Å². The SMILES string of the molecule is CC1=NC=IC=C1. The van der Waals surface area contributed by atoms with Gasteiger partial charge in [0, 0.05) is 5.71 Å². The van der Waals surface area contributed by atoms with Crippen LogP contribution in [-0.4, -0.2) is 9.85 Å². The maximum absolute atomic E-state index is 4.08. The van der Waals surface area contributed by atoms with E-state index < -0.39 is 0 Å². The molecule has 0 N–H and O–H groups in total. The molecule has 1 aliphatic rings. The van der Waals surface area contributed by atoms with Gasteiger partial charge in [0.15, 0.2) is 0 Å². The molecule has 0 aromatic rings. The molecule has 0 fully saturated rings. The van der Waals surface area contributed by atoms with Crippen molar-refractivity contribution in [3.63, 3.8) is 0 Å². The summed E-state index contributed by atoms with van der Waals surface area (Å²) in [4.78, 5) is 4.08. The topological polar surface area (TPSA) is 12.4 Å². The van der Waals surface area contributed by atoms with E-state index in [4.69, 9.17) is 0 Å². The summed E-state index contributed by atoms with van der Waals surface area (Å²) in [6.07, 6.45) is 2.08. The van der Waals surface area contributed by atoms with Crippen LogP contribution in [-0.2, 0) is 0 Å². The van der Waals surface area contributed by atoms with Crippen molar-refractivity contribution in [1.82, 2.24) is 0 Å². The van der Waals surface area contributed by atoms with Crippen molar-refractivity contribution in [2.75, 3.05) is 0 Å². The number of halogens is 1. The number of hydrogen-bond acceptors (Lipinski definition) is 1. The molecule has 0 spiro atoms. The fourth-order valence-electron chi connectivity index (χ4n) is 0.308. The second-order valence-corrected chi connectivity index (χ2v) is 3.28. The van der Waals surface area contributed by atoms with Gasteiger partial charge in [-0.05, 0) is 17.1 Å². The highest BCUT2D eigenvalue weighted by Crippen LogP contribution is 2.01. The van der Waals surface area contributed by atoms with Crippen molar-refractivity contribution >= 4 is 30.6 Å². The molecule has 0 unspecified atom stereocenters. The number of allylic oxidation sites excluding steroid dienone is 1. The predicted octanol–water partition coefficient (Wildman–Crippen LogP) is 1.71. The van der Waals surface area contributed by atoms with Crippen LogP contribution < -0.4 is 0 Å². The van der Waals surface area contributed by atoms with Gasteiger partial charge in [-0.2, -0.15) is 0 Å². The highest BCUT2D eigenvalue weighted by atomic mass is 127. The third kappa shape index (κ3) is 1.51. The van der Waals surface area contributed by atoms with E-state index in [0.29, 0.717) is 0 Å². The minimum atomic E-state index is 0.194. The summed E-state index contributed by atoms with van der Waals surface area (Å²) in [7, 11) is 0. The first-order chi connectivity index (χ1) is 3.39. The van der Waals surface area contributed by atoms with Gasteiger partial charge in [0.1, 0.15) is 0 Å². The zero-order chi connectivity index (χ0) is 5.11. The van der Waals surface area contributed by atoms with Crippen LogP contribution in [0.4, 0.5) is 0 Å². The van der Waals surface area contributed by atoms with Gasteiger partial charge in [-0.25, -0.2) is 0 Å². The molecule has 0 amide bonds. The van der Waals surface area contributed by atoms with Crippen molar-refractivity contribution in [1.29, 1.82) is 0 Å². The zero-order valence-corrected chi connectivity index (χ0v) is 6.21. The summed E-state index contributed by atoms with van der Waals surface area (Å²) in [5, 5.41) is 0. The van der Waals surface area contributed by atoms with E-state index in [1.807, 2.05) is 11.1 Å². The monoisotopic (exact) mass is 207 g/mol. The van der Waals surface area contributed by atoms with Crippen molar-refractivity contribution < 1.29 is 0 Å². The average molecular weight is 207 g/mol. The summed E-state index contributed by atoms with van der Waals surface area (Å²) in [6.45, 7) is 2.01. The summed E-state index contributed by atoms with van der Waals surface area (Å²) in [6, 6.07) is 0. The normalized spacial score (nSPS) is 18.1. The van der Waals surface area contributed by atoms with Crippen molar-refractivity contribution in [3.8, 4) is 0 Å².